The average Bonchev–Trinajstić information content (AvgIpc) is 2.18. The summed E-state index contributed by atoms with van der Waals surface area (Å²) in [5.74, 6) is 2.10. The standard InChI is InChI=1S/C12H21N3/c1-8(2)9(3)7-14-12-11(13)6-5-10(4)15-12/h5-6,8-9H,7,13H2,1-4H3,(H,14,15). The van der Waals surface area contributed by atoms with Crippen LogP contribution in [0, 0.1) is 18.8 Å². The van der Waals surface area contributed by atoms with E-state index in [4.69, 9.17) is 5.73 Å². The largest absolute Gasteiger partial charge is 0.396 e. The third kappa shape index (κ3) is 3.42. The number of nitrogens with one attached hydrogen (secondary N) is 1. The summed E-state index contributed by atoms with van der Waals surface area (Å²) < 4.78 is 0. The van der Waals surface area contributed by atoms with Gasteiger partial charge in [-0.3, -0.25) is 0 Å². The molecule has 0 radical (unpaired) electrons. The van der Waals surface area contributed by atoms with Crippen molar-refractivity contribution in [1.82, 2.24) is 4.98 Å². The van der Waals surface area contributed by atoms with Crippen LogP contribution in [0.25, 0.3) is 0 Å². The molecule has 1 rings (SSSR count). The van der Waals surface area contributed by atoms with Gasteiger partial charge < -0.3 is 11.1 Å². The van der Waals surface area contributed by atoms with Crippen LogP contribution in [0.1, 0.15) is 26.5 Å². The molecule has 0 amide bonds. The van der Waals surface area contributed by atoms with Gasteiger partial charge in [-0.05, 0) is 30.9 Å². The van der Waals surface area contributed by atoms with Gasteiger partial charge in [0.25, 0.3) is 0 Å². The molecule has 3 nitrogen and oxygen atoms in total. The van der Waals surface area contributed by atoms with E-state index in [2.05, 4.69) is 31.1 Å². The van der Waals surface area contributed by atoms with Crippen LogP contribution in [0.5, 0.6) is 0 Å². The Bertz CT molecular complexity index is 321. The van der Waals surface area contributed by atoms with Crippen molar-refractivity contribution in [2.24, 2.45) is 11.8 Å². The zero-order valence-corrected chi connectivity index (χ0v) is 10.0. The van der Waals surface area contributed by atoms with Crippen molar-refractivity contribution < 1.29 is 0 Å². The Balaban J connectivity index is 2.61. The zero-order valence-electron chi connectivity index (χ0n) is 10.0. The highest BCUT2D eigenvalue weighted by molar-refractivity contribution is 5.61. The second-order valence-corrected chi connectivity index (χ2v) is 4.49. The van der Waals surface area contributed by atoms with E-state index < -0.39 is 0 Å². The molecule has 15 heavy (non-hydrogen) atoms. The van der Waals surface area contributed by atoms with E-state index in [0.717, 1.165) is 23.7 Å². The van der Waals surface area contributed by atoms with Crippen LogP contribution in [0.3, 0.4) is 0 Å². The van der Waals surface area contributed by atoms with Crippen molar-refractivity contribution in [3.8, 4) is 0 Å². The topological polar surface area (TPSA) is 50.9 Å². The average molecular weight is 207 g/mol. The van der Waals surface area contributed by atoms with E-state index in [9.17, 15) is 0 Å². The lowest BCUT2D eigenvalue weighted by Gasteiger charge is -2.17. The molecule has 1 aromatic rings. The number of aromatic nitrogens is 1. The lowest BCUT2D eigenvalue weighted by Crippen LogP contribution is -2.17. The first-order chi connectivity index (χ1) is 7.00. The molecule has 0 aromatic carbocycles. The Kier molecular flexibility index (Phi) is 3.95. The lowest BCUT2D eigenvalue weighted by molar-refractivity contribution is 0.439. The smallest absolute Gasteiger partial charge is 0.149 e. The van der Waals surface area contributed by atoms with Gasteiger partial charge in [0.05, 0.1) is 5.69 Å². The number of nitrogens with two attached hydrogens (primary N) is 1. The maximum absolute atomic E-state index is 5.83. The van der Waals surface area contributed by atoms with Gasteiger partial charge in [-0.1, -0.05) is 20.8 Å². The van der Waals surface area contributed by atoms with Crippen molar-refractivity contribution in [1.29, 1.82) is 0 Å². The molecule has 0 saturated heterocycles. The first-order valence-corrected chi connectivity index (χ1v) is 5.47. The van der Waals surface area contributed by atoms with Crippen LogP contribution in [0.15, 0.2) is 12.1 Å². The summed E-state index contributed by atoms with van der Waals surface area (Å²) in [5, 5.41) is 3.30. The predicted molar refractivity (Wildman–Crippen MR) is 65.9 cm³/mol. The Morgan fingerprint density at radius 3 is 2.60 bits per heavy atom. The fraction of sp³-hybridized carbons (Fsp3) is 0.583. The Labute approximate surface area is 92.1 Å². The van der Waals surface area contributed by atoms with Crippen molar-refractivity contribution in [3.05, 3.63) is 17.8 Å². The normalized spacial score (nSPS) is 12.9. The van der Waals surface area contributed by atoms with Crippen molar-refractivity contribution >= 4 is 11.5 Å². The summed E-state index contributed by atoms with van der Waals surface area (Å²) in [6, 6.07) is 3.82. The SMILES string of the molecule is Cc1ccc(N)c(NCC(C)C(C)C)n1. The summed E-state index contributed by atoms with van der Waals surface area (Å²) in [5.41, 5.74) is 7.54. The Morgan fingerprint density at radius 2 is 2.00 bits per heavy atom. The third-order valence-corrected chi connectivity index (χ3v) is 2.80. The second-order valence-electron chi connectivity index (χ2n) is 4.49. The van der Waals surface area contributed by atoms with Crippen molar-refractivity contribution in [2.75, 3.05) is 17.6 Å². The molecule has 0 aliphatic carbocycles. The molecule has 1 aromatic heterocycles. The van der Waals surface area contributed by atoms with Crippen LogP contribution in [0.4, 0.5) is 11.5 Å². The number of nitrogens with zero attached hydrogens (tertiary/aromatic N) is 1. The first-order valence-electron chi connectivity index (χ1n) is 5.47. The predicted octanol–water partition coefficient (Wildman–Crippen LogP) is 2.68. The molecule has 0 bridgehead atoms. The van der Waals surface area contributed by atoms with E-state index >= 15 is 0 Å². The van der Waals surface area contributed by atoms with E-state index in [-0.39, 0.29) is 0 Å². The monoisotopic (exact) mass is 207 g/mol. The van der Waals surface area contributed by atoms with Gasteiger partial charge in [-0.15, -0.1) is 0 Å². The number of hydrogen-bond donors (Lipinski definition) is 2. The maximum atomic E-state index is 5.83. The molecule has 0 saturated carbocycles. The van der Waals surface area contributed by atoms with Gasteiger partial charge in [0.2, 0.25) is 0 Å². The van der Waals surface area contributed by atoms with Gasteiger partial charge in [0.15, 0.2) is 0 Å². The summed E-state index contributed by atoms with van der Waals surface area (Å²) in [6.45, 7) is 9.55. The van der Waals surface area contributed by atoms with E-state index in [1.807, 2.05) is 19.1 Å². The molecular formula is C12H21N3. The van der Waals surface area contributed by atoms with Crippen LogP contribution in [-0.2, 0) is 0 Å². The summed E-state index contributed by atoms with van der Waals surface area (Å²) >= 11 is 0. The van der Waals surface area contributed by atoms with Gasteiger partial charge >= 0.3 is 0 Å². The van der Waals surface area contributed by atoms with Gasteiger partial charge in [0.1, 0.15) is 5.82 Å². The first kappa shape index (κ1) is 11.8. The highest BCUT2D eigenvalue weighted by atomic mass is 15.0. The molecule has 0 aliphatic heterocycles. The molecule has 0 fully saturated rings. The quantitative estimate of drug-likeness (QED) is 0.798. The molecule has 3 N–H and O–H groups in total. The van der Waals surface area contributed by atoms with Gasteiger partial charge in [0, 0.05) is 12.2 Å². The summed E-state index contributed by atoms with van der Waals surface area (Å²) in [4.78, 5) is 4.37. The highest BCUT2D eigenvalue weighted by Gasteiger charge is 2.08. The minimum absolute atomic E-state index is 0.617. The van der Waals surface area contributed by atoms with Crippen LogP contribution >= 0.6 is 0 Å². The number of aryl methyl sites for hydroxylation is 1. The molecule has 0 spiro atoms. The maximum Gasteiger partial charge on any atom is 0.149 e. The minimum atomic E-state index is 0.617. The third-order valence-electron chi connectivity index (χ3n) is 2.80. The summed E-state index contributed by atoms with van der Waals surface area (Å²) in [7, 11) is 0. The number of pyridine rings is 1. The fourth-order valence-electron chi connectivity index (χ4n) is 1.20. The molecule has 1 heterocycles. The number of rotatable bonds is 4. The molecule has 1 unspecified atom stereocenters. The molecule has 84 valence electrons. The number of hydrogen-bond acceptors (Lipinski definition) is 3. The fourth-order valence-corrected chi connectivity index (χ4v) is 1.20. The van der Waals surface area contributed by atoms with Crippen molar-refractivity contribution in [3.63, 3.8) is 0 Å². The lowest BCUT2D eigenvalue weighted by atomic mass is 9.98. The van der Waals surface area contributed by atoms with Gasteiger partial charge in [-0.25, -0.2) is 4.98 Å². The van der Waals surface area contributed by atoms with E-state index in [1.54, 1.807) is 0 Å². The molecule has 0 aliphatic rings. The Hall–Kier alpha value is -1.25. The number of nitrogen functional groups attached to an aromatic ring is 1. The highest BCUT2D eigenvalue weighted by Crippen LogP contribution is 2.17. The van der Waals surface area contributed by atoms with E-state index in [0.29, 0.717) is 11.8 Å². The van der Waals surface area contributed by atoms with Crippen LogP contribution in [0.2, 0.25) is 0 Å². The van der Waals surface area contributed by atoms with Crippen LogP contribution in [-0.4, -0.2) is 11.5 Å². The second kappa shape index (κ2) is 5.01. The number of anilines is 2. The zero-order chi connectivity index (χ0) is 11.4. The molecule has 1 atom stereocenters. The van der Waals surface area contributed by atoms with Crippen molar-refractivity contribution in [2.45, 2.75) is 27.7 Å². The Morgan fingerprint density at radius 1 is 1.33 bits per heavy atom. The molecular weight excluding hydrogens is 186 g/mol. The van der Waals surface area contributed by atoms with E-state index in [1.165, 1.54) is 0 Å². The molecule has 3 heteroatoms. The summed E-state index contributed by atoms with van der Waals surface area (Å²) in [6.07, 6.45) is 0. The van der Waals surface area contributed by atoms with Crippen LogP contribution < -0.4 is 11.1 Å². The minimum Gasteiger partial charge on any atom is -0.396 e. The van der Waals surface area contributed by atoms with Gasteiger partial charge in [-0.2, -0.15) is 0 Å².